The van der Waals surface area contributed by atoms with Crippen molar-refractivity contribution in [2.75, 3.05) is 13.7 Å². The Bertz CT molecular complexity index is 1220. The van der Waals surface area contributed by atoms with Gasteiger partial charge in [0, 0.05) is 24.4 Å². The lowest BCUT2D eigenvalue weighted by Crippen LogP contribution is -2.37. The minimum Gasteiger partial charge on any atom is -0.373 e. The Labute approximate surface area is 164 Å². The lowest BCUT2D eigenvalue weighted by atomic mass is 9.95. The maximum Gasteiger partial charge on any atom is 0.435 e. The summed E-state index contributed by atoms with van der Waals surface area (Å²) in [6, 6.07) is 1.29. The monoisotopic (exact) mass is 428 g/mol. The smallest absolute Gasteiger partial charge is 0.373 e. The van der Waals surface area contributed by atoms with Gasteiger partial charge in [-0.2, -0.15) is 18.3 Å². The Kier molecular flexibility index (Phi) is 4.60. The van der Waals surface area contributed by atoms with Crippen LogP contribution in [0.2, 0.25) is 0 Å². The van der Waals surface area contributed by atoms with Gasteiger partial charge in [-0.1, -0.05) is 0 Å². The molecule has 0 spiro atoms. The summed E-state index contributed by atoms with van der Waals surface area (Å²) in [5.74, 6) is -3.22. The highest BCUT2D eigenvalue weighted by atomic mass is 19.4. The first-order chi connectivity index (χ1) is 14.1. The average Bonchev–Trinajstić information content (AvgIpc) is 3.18. The Morgan fingerprint density at radius 2 is 1.87 bits per heavy atom. The van der Waals surface area contributed by atoms with Crippen LogP contribution in [0.15, 0.2) is 23.0 Å². The number of nitrogens with one attached hydrogen (secondary N) is 2. The molecule has 1 aliphatic heterocycles. The van der Waals surface area contributed by atoms with Crippen LogP contribution in [-0.4, -0.2) is 39.6 Å². The number of likely N-dealkylation sites (N-methyl/N-ethyl adjacent to an activating group) is 1. The molecule has 1 amide bonds. The van der Waals surface area contributed by atoms with E-state index in [0.29, 0.717) is 11.6 Å². The molecule has 2 N–H and O–H groups in total. The first-order valence-electron chi connectivity index (χ1n) is 8.59. The normalized spacial score (nSPS) is 16.5. The third-order valence-corrected chi connectivity index (χ3v) is 4.93. The number of hydrogen-bond donors (Lipinski definition) is 2. The number of rotatable bonds is 2. The summed E-state index contributed by atoms with van der Waals surface area (Å²) in [5, 5.41) is 5.11. The van der Waals surface area contributed by atoms with Crippen LogP contribution < -0.4 is 5.56 Å². The predicted molar refractivity (Wildman–Crippen MR) is 92.6 cm³/mol. The molecule has 3 aromatic rings. The van der Waals surface area contributed by atoms with Crippen molar-refractivity contribution in [2.24, 2.45) is 0 Å². The van der Waals surface area contributed by atoms with Crippen molar-refractivity contribution in [1.29, 1.82) is 0 Å². The van der Waals surface area contributed by atoms with Crippen molar-refractivity contribution >= 4 is 16.7 Å². The van der Waals surface area contributed by atoms with Gasteiger partial charge < -0.3 is 14.6 Å². The summed E-state index contributed by atoms with van der Waals surface area (Å²) >= 11 is 0. The third-order valence-electron chi connectivity index (χ3n) is 4.93. The fourth-order valence-electron chi connectivity index (χ4n) is 3.46. The number of hydrogen-bond acceptors (Lipinski definition) is 4. The number of aromatic nitrogens is 3. The lowest BCUT2D eigenvalue weighted by molar-refractivity contribution is -0.141. The maximum absolute atomic E-state index is 13.9. The van der Waals surface area contributed by atoms with Crippen LogP contribution in [-0.2, 0) is 17.5 Å². The van der Waals surface area contributed by atoms with Gasteiger partial charge >= 0.3 is 6.18 Å². The van der Waals surface area contributed by atoms with Gasteiger partial charge in [0.05, 0.1) is 24.6 Å². The number of alkyl halides is 3. The molecule has 1 atom stereocenters. The molecule has 7 nitrogen and oxygen atoms in total. The highest BCUT2D eigenvalue weighted by molar-refractivity contribution is 5.93. The van der Waals surface area contributed by atoms with Gasteiger partial charge in [0.1, 0.15) is 5.69 Å². The number of H-pyrrole nitrogens is 2. The molecule has 1 aromatic carbocycles. The van der Waals surface area contributed by atoms with Crippen LogP contribution in [0.3, 0.4) is 0 Å². The molecule has 0 unspecified atom stereocenters. The molecular weight excluding hydrogens is 415 g/mol. The molecule has 0 bridgehead atoms. The van der Waals surface area contributed by atoms with Gasteiger partial charge in [-0.05, 0) is 17.5 Å². The molecule has 0 radical (unpaired) electrons. The standard InChI is InChI=1S/C18H13F5N4O3/c1-27(17(29)11-4-14(26-25-11)18(21,22)23)13-6-30-5-12-15(13)7-2-9(19)10(20)3-8(7)16(28)24-12/h2-4,13H,5-6H2,1H3,(H,24,28)(H,25,26)/t13-/m0/s1. The number of fused-ring (bicyclic) bond motifs is 3. The average molecular weight is 428 g/mol. The van der Waals surface area contributed by atoms with Gasteiger partial charge in [0.2, 0.25) is 0 Å². The summed E-state index contributed by atoms with van der Waals surface area (Å²) in [6.45, 7) is -0.115. The molecular formula is C18H13F5N4O3. The van der Waals surface area contributed by atoms with Crippen molar-refractivity contribution in [3.63, 3.8) is 0 Å². The summed E-state index contributed by atoms with van der Waals surface area (Å²) in [4.78, 5) is 28.6. The van der Waals surface area contributed by atoms with E-state index in [1.54, 1.807) is 0 Å². The van der Waals surface area contributed by atoms with E-state index in [1.165, 1.54) is 7.05 Å². The first-order valence-corrected chi connectivity index (χ1v) is 8.59. The van der Waals surface area contributed by atoms with Crippen molar-refractivity contribution in [2.45, 2.75) is 18.8 Å². The zero-order valence-corrected chi connectivity index (χ0v) is 15.2. The van der Waals surface area contributed by atoms with E-state index in [9.17, 15) is 31.5 Å². The fourth-order valence-corrected chi connectivity index (χ4v) is 3.46. The van der Waals surface area contributed by atoms with E-state index in [0.717, 1.165) is 17.0 Å². The quantitative estimate of drug-likeness (QED) is 0.615. The molecule has 3 heterocycles. The molecule has 30 heavy (non-hydrogen) atoms. The second kappa shape index (κ2) is 6.90. The summed E-state index contributed by atoms with van der Waals surface area (Å²) < 4.78 is 71.3. The number of ether oxygens (including phenoxy) is 1. The van der Waals surface area contributed by atoms with Gasteiger partial charge in [0.15, 0.2) is 17.3 Å². The fraction of sp³-hybridized carbons (Fsp3) is 0.278. The summed E-state index contributed by atoms with van der Waals surface area (Å²) in [5.41, 5.74) is -1.75. The van der Waals surface area contributed by atoms with Crippen LogP contribution in [0.25, 0.3) is 10.8 Å². The van der Waals surface area contributed by atoms with Crippen molar-refractivity contribution < 1.29 is 31.5 Å². The number of halogens is 5. The molecule has 158 valence electrons. The number of carbonyl (C=O) groups is 1. The summed E-state index contributed by atoms with van der Waals surface area (Å²) in [6.07, 6.45) is -4.73. The maximum atomic E-state index is 13.9. The largest absolute Gasteiger partial charge is 0.435 e. The highest BCUT2D eigenvalue weighted by Gasteiger charge is 2.36. The second-order valence-electron chi connectivity index (χ2n) is 6.77. The number of nitrogens with zero attached hydrogens (tertiary/aromatic N) is 2. The Morgan fingerprint density at radius 1 is 1.20 bits per heavy atom. The van der Waals surface area contributed by atoms with Gasteiger partial charge in [-0.3, -0.25) is 14.7 Å². The van der Waals surface area contributed by atoms with Gasteiger partial charge in [0.25, 0.3) is 11.5 Å². The number of carbonyl (C=O) groups excluding carboxylic acids is 1. The zero-order chi connectivity index (χ0) is 21.8. The molecule has 1 aliphatic rings. The number of pyridine rings is 1. The van der Waals surface area contributed by atoms with Crippen LogP contribution in [0.1, 0.15) is 33.5 Å². The minimum absolute atomic E-state index is 0.0414. The molecule has 0 saturated heterocycles. The second-order valence-corrected chi connectivity index (χ2v) is 6.77. The van der Waals surface area contributed by atoms with Crippen molar-refractivity contribution in [1.82, 2.24) is 20.1 Å². The number of benzene rings is 1. The highest BCUT2D eigenvalue weighted by Crippen LogP contribution is 2.34. The Morgan fingerprint density at radius 3 is 2.50 bits per heavy atom. The van der Waals surface area contributed by atoms with Crippen LogP contribution >= 0.6 is 0 Å². The van der Waals surface area contributed by atoms with Crippen LogP contribution in [0.4, 0.5) is 22.0 Å². The first kappa shape index (κ1) is 20.0. The van der Waals surface area contributed by atoms with Crippen molar-refractivity contribution in [3.8, 4) is 0 Å². The third kappa shape index (κ3) is 3.22. The van der Waals surface area contributed by atoms with Gasteiger partial charge in [-0.15, -0.1) is 0 Å². The molecule has 0 saturated carbocycles. The molecule has 4 rings (SSSR count). The van der Waals surface area contributed by atoms with E-state index in [1.807, 2.05) is 5.10 Å². The van der Waals surface area contributed by atoms with E-state index in [-0.39, 0.29) is 29.7 Å². The predicted octanol–water partition coefficient (Wildman–Crippen LogP) is 2.89. The number of amides is 1. The number of aromatic amines is 2. The SMILES string of the molecule is CN(C(=O)c1cc(C(F)(F)F)n[nH]1)[C@H]1COCc2[nH]c(=O)c3cc(F)c(F)cc3c21. The molecule has 0 aliphatic carbocycles. The lowest BCUT2D eigenvalue weighted by Gasteiger charge is -2.33. The van der Waals surface area contributed by atoms with Crippen LogP contribution in [0, 0.1) is 11.6 Å². The topological polar surface area (TPSA) is 91.1 Å². The van der Waals surface area contributed by atoms with E-state index in [2.05, 4.69) is 10.1 Å². The molecule has 12 heteroatoms. The Balaban J connectivity index is 1.80. The molecule has 0 fully saturated rings. The summed E-state index contributed by atoms with van der Waals surface area (Å²) in [7, 11) is 1.32. The van der Waals surface area contributed by atoms with Gasteiger partial charge in [-0.25, -0.2) is 8.78 Å². The molecule has 2 aromatic heterocycles. The van der Waals surface area contributed by atoms with E-state index >= 15 is 0 Å². The zero-order valence-electron chi connectivity index (χ0n) is 15.2. The van der Waals surface area contributed by atoms with E-state index < -0.39 is 46.7 Å². The van der Waals surface area contributed by atoms with Crippen molar-refractivity contribution in [3.05, 3.63) is 62.8 Å². The Hall–Kier alpha value is -3.28. The van der Waals surface area contributed by atoms with E-state index in [4.69, 9.17) is 4.74 Å². The van der Waals surface area contributed by atoms with Crippen LogP contribution in [0.5, 0.6) is 0 Å². The minimum atomic E-state index is -4.73.